The van der Waals surface area contributed by atoms with E-state index in [1.807, 2.05) is 0 Å². The van der Waals surface area contributed by atoms with Crippen molar-refractivity contribution in [3.05, 3.63) is 31.0 Å². The van der Waals surface area contributed by atoms with E-state index in [-0.39, 0.29) is 0 Å². The number of aryl methyl sites for hydroxylation is 1. The number of aliphatic hydroxyl groups is 2. The topological polar surface area (TPSA) is 93.3 Å². The predicted molar refractivity (Wildman–Crippen MR) is 75.7 cm³/mol. The maximum Gasteiger partial charge on any atom is 0.173 e. The van der Waals surface area contributed by atoms with Gasteiger partial charge in [-0.2, -0.15) is 0 Å². The van der Waals surface area contributed by atoms with Crippen LogP contribution >= 0.6 is 0 Å². The maximum atomic E-state index is 14.2. The molecular formula is C14H17FN4O3. The summed E-state index contributed by atoms with van der Waals surface area (Å²) in [7, 11) is 0. The monoisotopic (exact) mass is 308 g/mol. The van der Waals surface area contributed by atoms with Gasteiger partial charge in [-0.25, -0.2) is 19.3 Å². The van der Waals surface area contributed by atoms with Gasteiger partial charge < -0.3 is 14.9 Å². The summed E-state index contributed by atoms with van der Waals surface area (Å²) in [6.45, 7) is 3.22. The molecule has 0 amide bonds. The second-order valence-electron chi connectivity index (χ2n) is 5.15. The molecule has 0 spiro atoms. The lowest BCUT2D eigenvalue weighted by molar-refractivity contribution is -0.0459. The van der Waals surface area contributed by atoms with Gasteiger partial charge in [0.25, 0.3) is 0 Å². The van der Waals surface area contributed by atoms with Gasteiger partial charge in [0.05, 0.1) is 18.6 Å². The van der Waals surface area contributed by atoms with Crippen molar-refractivity contribution < 1.29 is 19.3 Å². The minimum atomic E-state index is -1.67. The van der Waals surface area contributed by atoms with E-state index < -0.39 is 31.2 Å². The van der Waals surface area contributed by atoms with E-state index in [1.54, 1.807) is 6.08 Å². The summed E-state index contributed by atoms with van der Waals surface area (Å²) < 4.78 is 21.0. The average Bonchev–Trinajstić information content (AvgIpc) is 3.08. The molecule has 3 heterocycles. The molecule has 0 saturated carbocycles. The van der Waals surface area contributed by atoms with Gasteiger partial charge in [-0.15, -0.1) is 6.58 Å². The molecule has 1 saturated heterocycles. The fourth-order valence-electron chi connectivity index (χ4n) is 2.59. The molecule has 2 aromatic heterocycles. The van der Waals surface area contributed by atoms with E-state index in [1.165, 1.54) is 17.2 Å². The van der Waals surface area contributed by atoms with Gasteiger partial charge in [0.15, 0.2) is 18.0 Å². The van der Waals surface area contributed by atoms with E-state index in [4.69, 9.17) is 9.84 Å². The van der Waals surface area contributed by atoms with Crippen molar-refractivity contribution in [3.63, 3.8) is 0 Å². The lowest BCUT2D eigenvalue weighted by atomic mass is 10.1. The first kappa shape index (κ1) is 15.0. The lowest BCUT2D eigenvalue weighted by Gasteiger charge is -2.15. The zero-order chi connectivity index (χ0) is 15.7. The molecule has 1 aliphatic rings. The van der Waals surface area contributed by atoms with Gasteiger partial charge in [-0.1, -0.05) is 6.08 Å². The summed E-state index contributed by atoms with van der Waals surface area (Å²) in [6.07, 6.45) is 0.920. The van der Waals surface area contributed by atoms with Crippen LogP contribution in [0.15, 0.2) is 25.3 Å². The Morgan fingerprint density at radius 2 is 2.23 bits per heavy atom. The van der Waals surface area contributed by atoms with E-state index in [0.717, 1.165) is 12.1 Å². The fourth-order valence-corrected chi connectivity index (χ4v) is 2.59. The summed E-state index contributed by atoms with van der Waals surface area (Å²) >= 11 is 0. The third-order valence-corrected chi connectivity index (χ3v) is 3.77. The van der Waals surface area contributed by atoms with Crippen molar-refractivity contribution in [3.8, 4) is 0 Å². The second-order valence-corrected chi connectivity index (χ2v) is 5.15. The van der Waals surface area contributed by atoms with Gasteiger partial charge in [-0.3, -0.25) is 4.57 Å². The first-order valence-electron chi connectivity index (χ1n) is 7.03. The summed E-state index contributed by atoms with van der Waals surface area (Å²) in [5, 5.41) is 18.8. The van der Waals surface area contributed by atoms with E-state index in [0.29, 0.717) is 17.6 Å². The molecule has 4 atom stereocenters. The lowest BCUT2D eigenvalue weighted by Crippen LogP contribution is -2.30. The quantitative estimate of drug-likeness (QED) is 0.783. The van der Waals surface area contributed by atoms with Gasteiger partial charge in [0, 0.05) is 0 Å². The third kappa shape index (κ3) is 2.39. The van der Waals surface area contributed by atoms with Crippen molar-refractivity contribution >= 4 is 11.2 Å². The Balaban J connectivity index is 1.97. The number of imidazole rings is 1. The number of fused-ring (bicyclic) bond motifs is 1. The highest BCUT2D eigenvalue weighted by molar-refractivity contribution is 5.73. The number of nitrogens with zero attached hydrogens (tertiary/aromatic N) is 4. The highest BCUT2D eigenvalue weighted by Gasteiger charge is 2.45. The van der Waals surface area contributed by atoms with Crippen LogP contribution in [0.2, 0.25) is 0 Å². The number of aliphatic hydroxyl groups excluding tert-OH is 2. The van der Waals surface area contributed by atoms with E-state index in [2.05, 4.69) is 21.5 Å². The number of hydrogen-bond acceptors (Lipinski definition) is 6. The normalized spacial score (nSPS) is 28.3. The first-order chi connectivity index (χ1) is 10.7. The minimum Gasteiger partial charge on any atom is -0.394 e. The molecule has 7 nitrogen and oxygen atoms in total. The molecular weight excluding hydrogens is 291 g/mol. The summed E-state index contributed by atoms with van der Waals surface area (Å²) in [6, 6.07) is 0. The zero-order valence-electron chi connectivity index (χ0n) is 11.8. The molecule has 0 aliphatic carbocycles. The predicted octanol–water partition coefficient (Wildman–Crippen LogP) is 0.534. The Bertz CT molecular complexity index is 677. The Kier molecular flexibility index (Phi) is 4.14. The van der Waals surface area contributed by atoms with Crippen LogP contribution in [0, 0.1) is 0 Å². The minimum absolute atomic E-state index is 0.438. The molecule has 2 aromatic rings. The van der Waals surface area contributed by atoms with Crippen molar-refractivity contribution in [1.82, 2.24) is 19.5 Å². The van der Waals surface area contributed by atoms with Crippen LogP contribution in [0.4, 0.5) is 4.39 Å². The van der Waals surface area contributed by atoms with Crippen LogP contribution in [0.5, 0.6) is 0 Å². The molecule has 3 rings (SSSR count). The first-order valence-corrected chi connectivity index (χ1v) is 7.03. The molecule has 2 N–H and O–H groups in total. The Labute approximate surface area is 126 Å². The number of alkyl halides is 1. The van der Waals surface area contributed by atoms with E-state index >= 15 is 0 Å². The Morgan fingerprint density at radius 3 is 2.91 bits per heavy atom. The number of hydrogen-bond donors (Lipinski definition) is 2. The number of aromatic nitrogens is 4. The number of ether oxygens (including phenoxy) is 1. The Morgan fingerprint density at radius 1 is 1.41 bits per heavy atom. The average molecular weight is 308 g/mol. The second kappa shape index (κ2) is 6.07. The smallest absolute Gasteiger partial charge is 0.173 e. The van der Waals surface area contributed by atoms with Crippen LogP contribution in [0.1, 0.15) is 18.3 Å². The van der Waals surface area contributed by atoms with Crippen LogP contribution in [0.25, 0.3) is 11.2 Å². The highest BCUT2D eigenvalue weighted by atomic mass is 19.1. The highest BCUT2D eigenvalue weighted by Crippen LogP contribution is 2.33. The molecule has 22 heavy (non-hydrogen) atoms. The largest absolute Gasteiger partial charge is 0.394 e. The van der Waals surface area contributed by atoms with Crippen LogP contribution in [0.3, 0.4) is 0 Å². The molecule has 8 heteroatoms. The van der Waals surface area contributed by atoms with Gasteiger partial charge >= 0.3 is 0 Å². The molecule has 2 unspecified atom stereocenters. The maximum absolute atomic E-state index is 14.2. The summed E-state index contributed by atoms with van der Waals surface area (Å²) in [5.41, 5.74) is 1.76. The third-order valence-electron chi connectivity index (χ3n) is 3.77. The molecule has 118 valence electrons. The molecule has 1 fully saturated rings. The van der Waals surface area contributed by atoms with E-state index in [9.17, 15) is 9.50 Å². The van der Waals surface area contributed by atoms with Gasteiger partial charge in [-0.05, 0) is 12.8 Å². The SMILES string of the molecule is C=CCCc1ncnc2c1ncn2C1OC(CO)[C@@H](O)[C@H]1F. The van der Waals surface area contributed by atoms with Crippen molar-refractivity contribution in [1.29, 1.82) is 0 Å². The number of halogens is 1. The van der Waals surface area contributed by atoms with Gasteiger partial charge in [0.1, 0.15) is 24.1 Å². The molecule has 0 bridgehead atoms. The summed E-state index contributed by atoms with van der Waals surface area (Å²) in [5.74, 6) is 0. The molecule has 1 aliphatic heterocycles. The van der Waals surface area contributed by atoms with Gasteiger partial charge in [0.2, 0.25) is 0 Å². The standard InChI is InChI=1S/C14H17FN4O3/c1-2-3-4-8-11-13(17-6-16-8)19(7-18-11)14-10(15)12(21)9(5-20)22-14/h2,6-7,9-10,12,14,20-21H,1,3-5H2/t9?,10-,12-,14?/m1/s1. The van der Waals surface area contributed by atoms with Crippen molar-refractivity contribution in [2.75, 3.05) is 6.61 Å². The van der Waals surface area contributed by atoms with Crippen LogP contribution in [-0.4, -0.2) is 54.7 Å². The molecule has 0 radical (unpaired) electrons. The number of rotatable bonds is 5. The fraction of sp³-hybridized carbons (Fsp3) is 0.500. The Hall–Kier alpha value is -1.90. The van der Waals surface area contributed by atoms with Crippen LogP contribution in [-0.2, 0) is 11.2 Å². The van der Waals surface area contributed by atoms with Crippen LogP contribution < -0.4 is 0 Å². The van der Waals surface area contributed by atoms with Crippen molar-refractivity contribution in [2.45, 2.75) is 37.4 Å². The van der Waals surface area contributed by atoms with Crippen molar-refractivity contribution in [2.24, 2.45) is 0 Å². The molecule has 0 aromatic carbocycles. The zero-order valence-corrected chi connectivity index (χ0v) is 11.8. The summed E-state index contributed by atoms with van der Waals surface area (Å²) in [4.78, 5) is 12.6. The number of allylic oxidation sites excluding steroid dienone is 1.